The van der Waals surface area contributed by atoms with Crippen LogP contribution in [-0.4, -0.2) is 11.0 Å². The van der Waals surface area contributed by atoms with Crippen molar-refractivity contribution in [2.24, 2.45) is 0 Å². The number of nitrogens with zero attached hydrogens (tertiary/aromatic N) is 1. The fourth-order valence-electron chi connectivity index (χ4n) is 2.02. The summed E-state index contributed by atoms with van der Waals surface area (Å²) >= 11 is 3.30. The quantitative estimate of drug-likeness (QED) is 0.870. The lowest BCUT2D eigenvalue weighted by Crippen LogP contribution is -2.16. The topological polar surface area (TPSA) is 34.1 Å². The first-order valence-corrected chi connectivity index (χ1v) is 7.74. The molecule has 1 fully saturated rings. The van der Waals surface area contributed by atoms with Crippen LogP contribution in [0.5, 0.6) is 11.6 Å². The molecule has 1 N–H and O–H groups in total. The molecule has 3 nitrogen and oxygen atoms in total. The molecule has 0 spiro atoms. The second-order valence-corrected chi connectivity index (χ2v) is 6.14. The lowest BCUT2D eigenvalue weighted by molar-refractivity contribution is 0.425. The zero-order valence-corrected chi connectivity index (χ0v) is 13.3. The van der Waals surface area contributed by atoms with Gasteiger partial charge in [0.2, 0.25) is 5.88 Å². The molecule has 0 aliphatic heterocycles. The van der Waals surface area contributed by atoms with Crippen molar-refractivity contribution in [1.82, 2.24) is 10.3 Å². The first kappa shape index (κ1) is 14.5. The maximum atomic E-state index is 13.7. The number of benzene rings is 1. The Morgan fingerprint density at radius 1 is 1.33 bits per heavy atom. The van der Waals surface area contributed by atoms with Crippen molar-refractivity contribution in [3.63, 3.8) is 0 Å². The summed E-state index contributed by atoms with van der Waals surface area (Å²) in [6.07, 6.45) is 2.52. The Morgan fingerprint density at radius 3 is 2.86 bits per heavy atom. The molecular weight excluding hydrogens is 335 g/mol. The van der Waals surface area contributed by atoms with Gasteiger partial charge in [-0.25, -0.2) is 9.37 Å². The Balaban J connectivity index is 1.73. The van der Waals surface area contributed by atoms with E-state index in [-0.39, 0.29) is 5.75 Å². The van der Waals surface area contributed by atoms with Gasteiger partial charge in [0.25, 0.3) is 0 Å². The predicted octanol–water partition coefficient (Wildman–Crippen LogP) is 4.34. The van der Waals surface area contributed by atoms with Crippen LogP contribution >= 0.6 is 15.9 Å². The molecule has 21 heavy (non-hydrogen) atoms. The van der Waals surface area contributed by atoms with Gasteiger partial charge in [0, 0.05) is 28.8 Å². The van der Waals surface area contributed by atoms with Crippen molar-refractivity contribution in [2.75, 3.05) is 0 Å². The fraction of sp³-hybridized carbons (Fsp3) is 0.312. The molecule has 0 unspecified atom stereocenters. The molecule has 1 aromatic heterocycles. The van der Waals surface area contributed by atoms with Gasteiger partial charge in [0.05, 0.1) is 0 Å². The highest BCUT2D eigenvalue weighted by molar-refractivity contribution is 9.10. The van der Waals surface area contributed by atoms with Crippen molar-refractivity contribution in [1.29, 1.82) is 0 Å². The number of aromatic nitrogens is 1. The summed E-state index contributed by atoms with van der Waals surface area (Å²) in [5.41, 5.74) is 2.04. The molecule has 0 atom stereocenters. The Kier molecular flexibility index (Phi) is 4.22. The number of hydrogen-bond acceptors (Lipinski definition) is 3. The standard InChI is InChI=1S/C16H16BrFN2O/c1-10-11(9-19-13-4-5-13)2-7-16(20-10)21-15-8-12(17)3-6-14(15)18/h2-3,6-8,13,19H,4-5,9H2,1H3. The summed E-state index contributed by atoms with van der Waals surface area (Å²) < 4.78 is 20.0. The molecule has 1 aromatic carbocycles. The van der Waals surface area contributed by atoms with Gasteiger partial charge in [-0.3, -0.25) is 0 Å². The Bertz CT molecular complexity index is 659. The van der Waals surface area contributed by atoms with Gasteiger partial charge < -0.3 is 10.1 Å². The maximum absolute atomic E-state index is 13.7. The van der Waals surface area contributed by atoms with E-state index in [0.717, 1.165) is 22.3 Å². The Hall–Kier alpha value is -1.46. The summed E-state index contributed by atoms with van der Waals surface area (Å²) in [4.78, 5) is 4.39. The third-order valence-corrected chi connectivity index (χ3v) is 3.93. The lowest BCUT2D eigenvalue weighted by Gasteiger charge is -2.10. The molecule has 5 heteroatoms. The summed E-state index contributed by atoms with van der Waals surface area (Å²) in [6.45, 7) is 2.75. The highest BCUT2D eigenvalue weighted by atomic mass is 79.9. The number of nitrogens with one attached hydrogen (secondary N) is 1. The molecule has 3 rings (SSSR count). The van der Waals surface area contributed by atoms with Gasteiger partial charge in [-0.15, -0.1) is 0 Å². The average Bonchev–Trinajstić information content (AvgIpc) is 3.26. The largest absolute Gasteiger partial charge is 0.436 e. The van der Waals surface area contributed by atoms with E-state index in [1.54, 1.807) is 18.2 Å². The number of pyridine rings is 1. The first-order chi connectivity index (χ1) is 10.1. The van der Waals surface area contributed by atoms with E-state index in [4.69, 9.17) is 4.74 Å². The van der Waals surface area contributed by atoms with Crippen molar-refractivity contribution in [3.05, 3.63) is 51.9 Å². The van der Waals surface area contributed by atoms with Gasteiger partial charge >= 0.3 is 0 Å². The minimum atomic E-state index is -0.405. The molecule has 1 aliphatic carbocycles. The molecule has 1 saturated carbocycles. The summed E-state index contributed by atoms with van der Waals surface area (Å²) in [7, 11) is 0. The van der Waals surface area contributed by atoms with E-state index < -0.39 is 5.82 Å². The van der Waals surface area contributed by atoms with Crippen LogP contribution in [-0.2, 0) is 6.54 Å². The number of ether oxygens (including phenoxy) is 1. The molecule has 110 valence electrons. The van der Waals surface area contributed by atoms with Crippen LogP contribution in [0.1, 0.15) is 24.1 Å². The lowest BCUT2D eigenvalue weighted by atomic mass is 10.2. The number of aryl methyl sites for hydroxylation is 1. The van der Waals surface area contributed by atoms with Crippen LogP contribution in [0.4, 0.5) is 4.39 Å². The second-order valence-electron chi connectivity index (χ2n) is 5.23. The molecule has 0 amide bonds. The third kappa shape index (κ3) is 3.80. The summed E-state index contributed by atoms with van der Waals surface area (Å²) in [6, 6.07) is 9.00. The van der Waals surface area contributed by atoms with E-state index in [2.05, 4.69) is 26.2 Å². The molecular formula is C16H16BrFN2O. The van der Waals surface area contributed by atoms with Crippen LogP contribution < -0.4 is 10.1 Å². The molecule has 0 radical (unpaired) electrons. The Morgan fingerprint density at radius 2 is 2.14 bits per heavy atom. The van der Waals surface area contributed by atoms with E-state index in [0.29, 0.717) is 11.9 Å². The van der Waals surface area contributed by atoms with Gasteiger partial charge in [-0.1, -0.05) is 22.0 Å². The average molecular weight is 351 g/mol. The molecule has 2 aromatic rings. The molecule has 1 heterocycles. The highest BCUT2D eigenvalue weighted by Crippen LogP contribution is 2.27. The van der Waals surface area contributed by atoms with Crippen molar-refractivity contribution < 1.29 is 9.13 Å². The van der Waals surface area contributed by atoms with Gasteiger partial charge in [-0.05, 0) is 43.5 Å². The SMILES string of the molecule is Cc1nc(Oc2cc(Br)ccc2F)ccc1CNC1CC1. The number of halogens is 2. The van der Waals surface area contributed by atoms with Crippen LogP contribution in [0.2, 0.25) is 0 Å². The first-order valence-electron chi connectivity index (χ1n) is 6.94. The highest BCUT2D eigenvalue weighted by Gasteiger charge is 2.20. The zero-order chi connectivity index (χ0) is 14.8. The zero-order valence-electron chi connectivity index (χ0n) is 11.7. The van der Waals surface area contributed by atoms with E-state index in [1.807, 2.05) is 13.0 Å². The molecule has 1 aliphatic rings. The minimum Gasteiger partial charge on any atom is -0.436 e. The van der Waals surface area contributed by atoms with Crippen molar-refractivity contribution in [2.45, 2.75) is 32.4 Å². The fourth-order valence-corrected chi connectivity index (χ4v) is 2.36. The minimum absolute atomic E-state index is 0.167. The monoisotopic (exact) mass is 350 g/mol. The number of rotatable bonds is 5. The third-order valence-electron chi connectivity index (χ3n) is 3.44. The van der Waals surface area contributed by atoms with E-state index >= 15 is 0 Å². The van der Waals surface area contributed by atoms with Crippen LogP contribution in [0.25, 0.3) is 0 Å². The Labute approximate surface area is 131 Å². The van der Waals surface area contributed by atoms with Crippen molar-refractivity contribution >= 4 is 15.9 Å². The van der Waals surface area contributed by atoms with Crippen LogP contribution in [0, 0.1) is 12.7 Å². The normalized spacial score (nSPS) is 14.2. The smallest absolute Gasteiger partial charge is 0.219 e. The number of hydrogen-bond donors (Lipinski definition) is 1. The van der Waals surface area contributed by atoms with E-state index in [9.17, 15) is 4.39 Å². The maximum Gasteiger partial charge on any atom is 0.219 e. The van der Waals surface area contributed by atoms with Gasteiger partial charge in [0.15, 0.2) is 11.6 Å². The predicted molar refractivity (Wildman–Crippen MR) is 83.0 cm³/mol. The molecule has 0 saturated heterocycles. The summed E-state index contributed by atoms with van der Waals surface area (Å²) in [5, 5.41) is 3.45. The second kappa shape index (κ2) is 6.12. The summed E-state index contributed by atoms with van der Waals surface area (Å²) in [5.74, 6) is 0.164. The van der Waals surface area contributed by atoms with E-state index in [1.165, 1.54) is 18.9 Å². The van der Waals surface area contributed by atoms with Crippen LogP contribution in [0.3, 0.4) is 0 Å². The van der Waals surface area contributed by atoms with Gasteiger partial charge in [-0.2, -0.15) is 0 Å². The molecule has 0 bridgehead atoms. The van der Waals surface area contributed by atoms with Crippen molar-refractivity contribution in [3.8, 4) is 11.6 Å². The van der Waals surface area contributed by atoms with Gasteiger partial charge in [0.1, 0.15) is 0 Å². The van der Waals surface area contributed by atoms with Crippen LogP contribution in [0.15, 0.2) is 34.8 Å².